The van der Waals surface area contributed by atoms with E-state index in [1.54, 1.807) is 6.92 Å². The Labute approximate surface area is 132 Å². The Morgan fingerprint density at radius 1 is 1.27 bits per heavy atom. The highest BCUT2D eigenvalue weighted by Gasteiger charge is 2.45. The number of carbonyl (C=O) groups is 2. The number of hydrogen-bond donors (Lipinski definition) is 2. The lowest BCUT2D eigenvalue weighted by atomic mass is 9.97. The van der Waals surface area contributed by atoms with Crippen molar-refractivity contribution in [2.45, 2.75) is 89.6 Å². The van der Waals surface area contributed by atoms with Gasteiger partial charge >= 0.3 is 6.09 Å². The fourth-order valence-electron chi connectivity index (χ4n) is 3.46. The Morgan fingerprint density at radius 2 is 1.82 bits per heavy atom. The average molecular weight is 312 g/mol. The molecule has 2 bridgehead atoms. The van der Waals surface area contributed by atoms with Gasteiger partial charge in [0.25, 0.3) is 0 Å². The number of carbonyl (C=O) groups excluding carboxylic acids is 2. The Kier molecular flexibility index (Phi) is 5.00. The first-order valence-electron chi connectivity index (χ1n) is 8.14. The maximum absolute atomic E-state index is 12.3. The highest BCUT2D eigenvalue weighted by molar-refractivity contribution is 5.76. The second kappa shape index (κ2) is 6.44. The van der Waals surface area contributed by atoms with Crippen LogP contribution in [-0.2, 0) is 9.53 Å². The lowest BCUT2D eigenvalue weighted by molar-refractivity contribution is -0.123. The molecule has 0 spiro atoms. The van der Waals surface area contributed by atoms with Gasteiger partial charge in [-0.1, -0.05) is 0 Å². The molecular weight excluding hydrogens is 284 g/mol. The van der Waals surface area contributed by atoms with Crippen molar-refractivity contribution >= 4 is 12.0 Å². The van der Waals surface area contributed by atoms with E-state index in [4.69, 9.17) is 4.74 Å². The molecular formula is C16H28N2O4. The number of hydrogen-bond acceptors (Lipinski definition) is 4. The summed E-state index contributed by atoms with van der Waals surface area (Å²) in [4.78, 5) is 26.0. The zero-order valence-electron chi connectivity index (χ0n) is 14.0. The molecule has 0 aromatic heterocycles. The number of rotatable bonds is 3. The first-order valence-corrected chi connectivity index (χ1v) is 8.14. The minimum absolute atomic E-state index is 0.0856. The van der Waals surface area contributed by atoms with E-state index in [1.807, 2.05) is 25.7 Å². The number of aliphatic hydroxyl groups excluding tert-OH is 1. The number of fused-ring (bicyclic) bond motifs is 2. The molecule has 2 amide bonds. The SMILES string of the molecule is CC(O)CC(=O)NC1CC2CC[C@H](C1)N2C(=O)OC(C)(C)C. The molecule has 4 atom stereocenters. The maximum Gasteiger partial charge on any atom is 0.410 e. The van der Waals surface area contributed by atoms with Crippen molar-refractivity contribution in [3.05, 3.63) is 0 Å². The van der Waals surface area contributed by atoms with Crippen LogP contribution >= 0.6 is 0 Å². The molecule has 6 nitrogen and oxygen atoms in total. The smallest absolute Gasteiger partial charge is 0.410 e. The van der Waals surface area contributed by atoms with Crippen molar-refractivity contribution in [1.82, 2.24) is 10.2 Å². The summed E-state index contributed by atoms with van der Waals surface area (Å²) < 4.78 is 5.49. The Bertz CT molecular complexity index is 416. The molecule has 3 unspecified atom stereocenters. The van der Waals surface area contributed by atoms with Crippen LogP contribution in [0.15, 0.2) is 0 Å². The van der Waals surface area contributed by atoms with Gasteiger partial charge in [-0.25, -0.2) is 4.79 Å². The predicted molar refractivity (Wildman–Crippen MR) is 82.3 cm³/mol. The van der Waals surface area contributed by atoms with E-state index >= 15 is 0 Å². The Hall–Kier alpha value is -1.30. The Morgan fingerprint density at radius 3 is 2.27 bits per heavy atom. The highest BCUT2D eigenvalue weighted by atomic mass is 16.6. The number of nitrogens with zero attached hydrogens (tertiary/aromatic N) is 1. The fourth-order valence-corrected chi connectivity index (χ4v) is 3.46. The molecule has 2 fully saturated rings. The van der Waals surface area contributed by atoms with E-state index in [2.05, 4.69) is 5.32 Å². The van der Waals surface area contributed by atoms with Crippen molar-refractivity contribution < 1.29 is 19.4 Å². The quantitative estimate of drug-likeness (QED) is 0.833. The van der Waals surface area contributed by atoms with Crippen LogP contribution in [0.3, 0.4) is 0 Å². The molecule has 6 heteroatoms. The van der Waals surface area contributed by atoms with Crippen molar-refractivity contribution in [2.75, 3.05) is 0 Å². The van der Waals surface area contributed by atoms with E-state index in [0.29, 0.717) is 0 Å². The van der Waals surface area contributed by atoms with Gasteiger partial charge < -0.3 is 20.1 Å². The number of aliphatic hydroxyl groups is 1. The zero-order chi connectivity index (χ0) is 16.5. The van der Waals surface area contributed by atoms with Crippen LogP contribution in [0.5, 0.6) is 0 Å². The van der Waals surface area contributed by atoms with Crippen LogP contribution < -0.4 is 5.32 Å². The summed E-state index contributed by atoms with van der Waals surface area (Å²) in [5.41, 5.74) is -0.487. The number of piperidine rings is 1. The lowest BCUT2D eigenvalue weighted by Crippen LogP contribution is -2.53. The maximum atomic E-state index is 12.3. The third-order valence-corrected chi connectivity index (χ3v) is 4.18. The molecule has 2 N–H and O–H groups in total. The van der Waals surface area contributed by atoms with E-state index < -0.39 is 11.7 Å². The summed E-state index contributed by atoms with van der Waals surface area (Å²) in [7, 11) is 0. The molecule has 2 rings (SSSR count). The van der Waals surface area contributed by atoms with Gasteiger partial charge in [0, 0.05) is 18.1 Å². The summed E-state index contributed by atoms with van der Waals surface area (Å²) in [6, 6.07) is 0.373. The van der Waals surface area contributed by atoms with E-state index in [-0.39, 0.29) is 36.5 Å². The molecule has 0 aromatic rings. The topological polar surface area (TPSA) is 78.9 Å². The van der Waals surface area contributed by atoms with Gasteiger partial charge in [-0.2, -0.15) is 0 Å². The van der Waals surface area contributed by atoms with Crippen molar-refractivity contribution in [1.29, 1.82) is 0 Å². The Balaban J connectivity index is 1.91. The first-order chi connectivity index (χ1) is 10.2. The lowest BCUT2D eigenvalue weighted by Gasteiger charge is -2.39. The number of nitrogens with one attached hydrogen (secondary N) is 1. The van der Waals surface area contributed by atoms with Crippen molar-refractivity contribution in [3.8, 4) is 0 Å². The average Bonchev–Trinajstić information content (AvgIpc) is 2.58. The van der Waals surface area contributed by atoms with Gasteiger partial charge in [0.1, 0.15) is 5.60 Å². The molecule has 0 saturated carbocycles. The first kappa shape index (κ1) is 17.1. The van der Waals surface area contributed by atoms with Gasteiger partial charge in [-0.05, 0) is 53.4 Å². The third kappa shape index (κ3) is 4.35. The molecule has 0 radical (unpaired) electrons. The van der Waals surface area contributed by atoms with Crippen LogP contribution in [0, 0.1) is 0 Å². The van der Waals surface area contributed by atoms with Gasteiger partial charge in [0.15, 0.2) is 0 Å². The van der Waals surface area contributed by atoms with Crippen LogP contribution in [0.25, 0.3) is 0 Å². The van der Waals surface area contributed by atoms with E-state index in [1.165, 1.54) is 0 Å². The van der Waals surface area contributed by atoms with Crippen LogP contribution in [0.4, 0.5) is 4.79 Å². The molecule has 126 valence electrons. The van der Waals surface area contributed by atoms with E-state index in [0.717, 1.165) is 25.7 Å². The molecule has 2 aliphatic heterocycles. The minimum Gasteiger partial charge on any atom is -0.444 e. The summed E-state index contributed by atoms with van der Waals surface area (Å²) in [6.45, 7) is 7.22. The minimum atomic E-state index is -0.626. The molecule has 22 heavy (non-hydrogen) atoms. The van der Waals surface area contributed by atoms with Crippen molar-refractivity contribution in [3.63, 3.8) is 0 Å². The molecule has 2 saturated heterocycles. The molecule has 0 aromatic carbocycles. The second-order valence-corrected chi connectivity index (χ2v) is 7.56. The van der Waals surface area contributed by atoms with E-state index in [9.17, 15) is 14.7 Å². The summed E-state index contributed by atoms with van der Waals surface area (Å²) in [6.07, 6.45) is 2.72. The summed E-state index contributed by atoms with van der Waals surface area (Å²) in [5.74, 6) is -0.120. The monoisotopic (exact) mass is 312 g/mol. The van der Waals surface area contributed by atoms with Gasteiger partial charge in [-0.3, -0.25) is 4.79 Å². The van der Waals surface area contributed by atoms with Crippen molar-refractivity contribution in [2.24, 2.45) is 0 Å². The standard InChI is InChI=1S/C16H28N2O4/c1-10(19)7-14(20)17-11-8-12-5-6-13(9-11)18(12)15(21)22-16(2,3)4/h10-13,19H,5-9H2,1-4H3,(H,17,20)/t10?,11?,12-,13?/m1/s1. The highest BCUT2D eigenvalue weighted by Crippen LogP contribution is 2.36. The van der Waals surface area contributed by atoms with Gasteiger partial charge in [-0.15, -0.1) is 0 Å². The van der Waals surface area contributed by atoms with Gasteiger partial charge in [0.05, 0.1) is 12.5 Å². The summed E-state index contributed by atoms with van der Waals surface area (Å²) >= 11 is 0. The predicted octanol–water partition coefficient (Wildman–Crippen LogP) is 1.80. The molecule has 2 heterocycles. The normalized spacial score (nSPS) is 29.1. The fraction of sp³-hybridized carbons (Fsp3) is 0.875. The summed E-state index contributed by atoms with van der Waals surface area (Å²) in [5, 5.41) is 12.2. The van der Waals surface area contributed by atoms with Crippen LogP contribution in [-0.4, -0.2) is 51.8 Å². The number of amides is 2. The second-order valence-electron chi connectivity index (χ2n) is 7.56. The number of ether oxygens (including phenoxy) is 1. The van der Waals surface area contributed by atoms with Gasteiger partial charge in [0.2, 0.25) is 5.91 Å². The molecule has 0 aliphatic carbocycles. The third-order valence-electron chi connectivity index (χ3n) is 4.18. The largest absolute Gasteiger partial charge is 0.444 e. The zero-order valence-corrected chi connectivity index (χ0v) is 14.0. The van der Waals surface area contributed by atoms with Crippen LogP contribution in [0.1, 0.15) is 59.8 Å². The van der Waals surface area contributed by atoms with Crippen LogP contribution in [0.2, 0.25) is 0 Å². The molecule has 2 aliphatic rings.